The molecule has 96 valence electrons. The van der Waals surface area contributed by atoms with Gasteiger partial charge in [0.1, 0.15) is 12.2 Å². The van der Waals surface area contributed by atoms with Crippen LogP contribution < -0.4 is 5.32 Å². The van der Waals surface area contributed by atoms with Gasteiger partial charge in [-0.3, -0.25) is 14.6 Å². The molecule has 0 aromatic carbocycles. The highest BCUT2D eigenvalue weighted by molar-refractivity contribution is 5.96. The van der Waals surface area contributed by atoms with Crippen molar-refractivity contribution >= 4 is 5.91 Å². The summed E-state index contributed by atoms with van der Waals surface area (Å²) in [5.74, 6) is 0.476. The van der Waals surface area contributed by atoms with Gasteiger partial charge in [0.2, 0.25) is 0 Å². The van der Waals surface area contributed by atoms with Crippen molar-refractivity contribution < 1.29 is 4.79 Å². The third-order valence-electron chi connectivity index (χ3n) is 2.93. The van der Waals surface area contributed by atoms with Crippen molar-refractivity contribution in [2.75, 3.05) is 0 Å². The summed E-state index contributed by atoms with van der Waals surface area (Å²) in [5, 5.41) is 13.6. The highest BCUT2D eigenvalue weighted by Crippen LogP contribution is 2.13. The first-order chi connectivity index (χ1) is 8.50. The fourth-order valence-electron chi connectivity index (χ4n) is 1.86. The normalized spacial score (nSPS) is 12.4. The number of carbonyl (C=O) groups is 1. The molecule has 0 radical (unpaired) electrons. The number of aromatic amines is 1. The number of aromatic nitrogens is 5. The minimum absolute atomic E-state index is 0.151. The Morgan fingerprint density at radius 2 is 2.22 bits per heavy atom. The molecule has 2 aromatic heterocycles. The highest BCUT2D eigenvalue weighted by atomic mass is 16.1. The standard InChI is InChI=1S/C11H16N6O/c1-6-9(8(3)17(4)16-6)11(18)14-7(2)10-12-5-13-15-10/h5,7H,1-4H3,(H,14,18)(H,12,13,15). The van der Waals surface area contributed by atoms with Crippen LogP contribution in [0.2, 0.25) is 0 Å². The van der Waals surface area contributed by atoms with Crippen molar-refractivity contribution in [3.05, 3.63) is 29.1 Å². The summed E-state index contributed by atoms with van der Waals surface area (Å²) in [7, 11) is 1.82. The van der Waals surface area contributed by atoms with Crippen LogP contribution in [0.1, 0.15) is 40.5 Å². The van der Waals surface area contributed by atoms with Gasteiger partial charge in [0.05, 0.1) is 17.3 Å². The van der Waals surface area contributed by atoms with E-state index in [-0.39, 0.29) is 11.9 Å². The number of carbonyl (C=O) groups excluding carboxylic acids is 1. The zero-order valence-corrected chi connectivity index (χ0v) is 10.9. The molecular weight excluding hydrogens is 232 g/mol. The number of H-pyrrole nitrogens is 1. The van der Waals surface area contributed by atoms with Gasteiger partial charge in [-0.2, -0.15) is 10.2 Å². The van der Waals surface area contributed by atoms with Crippen LogP contribution in [0.25, 0.3) is 0 Å². The van der Waals surface area contributed by atoms with Crippen molar-refractivity contribution in [3.63, 3.8) is 0 Å². The summed E-state index contributed by atoms with van der Waals surface area (Å²) in [6.45, 7) is 5.54. The number of amides is 1. The molecule has 7 heteroatoms. The molecule has 18 heavy (non-hydrogen) atoms. The second-order valence-corrected chi connectivity index (χ2v) is 4.24. The van der Waals surface area contributed by atoms with Gasteiger partial charge in [0.25, 0.3) is 5.91 Å². The van der Waals surface area contributed by atoms with E-state index in [0.29, 0.717) is 11.4 Å². The van der Waals surface area contributed by atoms with Gasteiger partial charge >= 0.3 is 0 Å². The maximum atomic E-state index is 12.2. The average molecular weight is 248 g/mol. The van der Waals surface area contributed by atoms with E-state index >= 15 is 0 Å². The van der Waals surface area contributed by atoms with Gasteiger partial charge in [-0.15, -0.1) is 0 Å². The Morgan fingerprint density at radius 3 is 2.72 bits per heavy atom. The first kappa shape index (κ1) is 12.3. The Bertz CT molecular complexity index is 556. The topological polar surface area (TPSA) is 88.5 Å². The molecule has 0 aliphatic heterocycles. The number of nitrogens with zero attached hydrogens (tertiary/aromatic N) is 4. The fourth-order valence-corrected chi connectivity index (χ4v) is 1.86. The van der Waals surface area contributed by atoms with Crippen LogP contribution >= 0.6 is 0 Å². The Morgan fingerprint density at radius 1 is 1.50 bits per heavy atom. The SMILES string of the molecule is Cc1nn(C)c(C)c1C(=O)NC(C)c1ncn[nH]1. The molecule has 0 aliphatic carbocycles. The smallest absolute Gasteiger partial charge is 0.255 e. The number of hydrogen-bond acceptors (Lipinski definition) is 4. The van der Waals surface area contributed by atoms with Gasteiger partial charge in [-0.1, -0.05) is 0 Å². The monoisotopic (exact) mass is 248 g/mol. The number of nitrogens with one attached hydrogen (secondary N) is 2. The molecule has 2 heterocycles. The molecule has 0 fully saturated rings. The zero-order valence-electron chi connectivity index (χ0n) is 10.9. The molecule has 0 saturated carbocycles. The van der Waals surface area contributed by atoms with E-state index < -0.39 is 0 Å². The summed E-state index contributed by atoms with van der Waals surface area (Å²) >= 11 is 0. The van der Waals surface area contributed by atoms with E-state index in [1.165, 1.54) is 6.33 Å². The Hall–Kier alpha value is -2.18. The highest BCUT2D eigenvalue weighted by Gasteiger charge is 2.20. The molecule has 2 N–H and O–H groups in total. The van der Waals surface area contributed by atoms with E-state index in [1.807, 2.05) is 27.8 Å². The Labute approximate surface area is 105 Å². The maximum Gasteiger partial charge on any atom is 0.255 e. The first-order valence-corrected chi connectivity index (χ1v) is 5.67. The molecule has 1 atom stereocenters. The van der Waals surface area contributed by atoms with Crippen LogP contribution in [-0.4, -0.2) is 30.9 Å². The summed E-state index contributed by atoms with van der Waals surface area (Å²) in [6, 6.07) is -0.223. The van der Waals surface area contributed by atoms with Crippen molar-refractivity contribution in [2.24, 2.45) is 7.05 Å². The summed E-state index contributed by atoms with van der Waals surface area (Å²) in [4.78, 5) is 16.2. The molecule has 1 unspecified atom stereocenters. The van der Waals surface area contributed by atoms with Crippen molar-refractivity contribution in [2.45, 2.75) is 26.8 Å². The van der Waals surface area contributed by atoms with Crippen LogP contribution in [0.5, 0.6) is 0 Å². The van der Waals surface area contributed by atoms with Crippen LogP contribution in [0, 0.1) is 13.8 Å². The minimum atomic E-state index is -0.223. The lowest BCUT2D eigenvalue weighted by atomic mass is 10.1. The third-order valence-corrected chi connectivity index (χ3v) is 2.93. The van der Waals surface area contributed by atoms with Crippen LogP contribution in [0.15, 0.2) is 6.33 Å². The second-order valence-electron chi connectivity index (χ2n) is 4.24. The van der Waals surface area contributed by atoms with Crippen LogP contribution in [0.3, 0.4) is 0 Å². The number of aryl methyl sites for hydroxylation is 2. The second kappa shape index (κ2) is 4.59. The van der Waals surface area contributed by atoms with Gasteiger partial charge in [-0.05, 0) is 20.8 Å². The van der Waals surface area contributed by atoms with E-state index in [4.69, 9.17) is 0 Å². The molecule has 0 bridgehead atoms. The first-order valence-electron chi connectivity index (χ1n) is 5.67. The maximum absolute atomic E-state index is 12.2. The van der Waals surface area contributed by atoms with Crippen LogP contribution in [0.4, 0.5) is 0 Å². The van der Waals surface area contributed by atoms with E-state index in [1.54, 1.807) is 4.68 Å². The average Bonchev–Trinajstić information content (AvgIpc) is 2.88. The molecule has 2 rings (SSSR count). The van der Waals surface area contributed by atoms with Gasteiger partial charge in [0.15, 0.2) is 0 Å². The Balaban J connectivity index is 2.17. The van der Waals surface area contributed by atoms with Gasteiger partial charge < -0.3 is 5.32 Å². The van der Waals surface area contributed by atoms with Crippen molar-refractivity contribution in [1.29, 1.82) is 0 Å². The predicted molar refractivity (Wildman–Crippen MR) is 64.9 cm³/mol. The van der Waals surface area contributed by atoms with Gasteiger partial charge in [-0.25, -0.2) is 4.98 Å². The molecular formula is C11H16N6O. The molecule has 0 spiro atoms. The summed E-state index contributed by atoms with van der Waals surface area (Å²) in [5.41, 5.74) is 2.18. The van der Waals surface area contributed by atoms with Gasteiger partial charge in [0, 0.05) is 12.7 Å². The molecule has 0 saturated heterocycles. The zero-order chi connectivity index (χ0) is 13.3. The van der Waals surface area contributed by atoms with Crippen LogP contribution in [-0.2, 0) is 7.05 Å². The Kier molecular flexibility index (Phi) is 3.14. The molecule has 1 amide bonds. The molecule has 7 nitrogen and oxygen atoms in total. The molecule has 2 aromatic rings. The fraction of sp³-hybridized carbons (Fsp3) is 0.455. The summed E-state index contributed by atoms with van der Waals surface area (Å²) in [6.07, 6.45) is 1.42. The molecule has 0 aliphatic rings. The largest absolute Gasteiger partial charge is 0.342 e. The lowest BCUT2D eigenvalue weighted by Crippen LogP contribution is -2.28. The number of hydrogen-bond donors (Lipinski definition) is 2. The number of rotatable bonds is 3. The lowest BCUT2D eigenvalue weighted by Gasteiger charge is -2.11. The van der Waals surface area contributed by atoms with E-state index in [9.17, 15) is 4.79 Å². The van der Waals surface area contributed by atoms with E-state index in [2.05, 4.69) is 25.6 Å². The third kappa shape index (κ3) is 2.11. The quantitative estimate of drug-likeness (QED) is 0.834. The lowest BCUT2D eigenvalue weighted by molar-refractivity contribution is 0.0937. The van der Waals surface area contributed by atoms with Crippen molar-refractivity contribution in [1.82, 2.24) is 30.3 Å². The predicted octanol–water partition coefficient (Wildman–Crippen LogP) is 0.646. The summed E-state index contributed by atoms with van der Waals surface area (Å²) < 4.78 is 1.70. The van der Waals surface area contributed by atoms with E-state index in [0.717, 1.165) is 11.4 Å². The minimum Gasteiger partial charge on any atom is -0.342 e. The van der Waals surface area contributed by atoms with Crippen molar-refractivity contribution in [3.8, 4) is 0 Å².